The molecule has 83 valence electrons. The average molecular weight is 254 g/mol. The molecule has 1 aromatic rings. The van der Waals surface area contributed by atoms with Gasteiger partial charge in [0.15, 0.2) is 0 Å². The van der Waals surface area contributed by atoms with Crippen LogP contribution in [0.25, 0.3) is 0 Å². The van der Waals surface area contributed by atoms with Crippen molar-refractivity contribution in [3.8, 4) is 5.75 Å². The number of alkyl halides is 1. The molecule has 0 saturated heterocycles. The second kappa shape index (κ2) is 4.52. The van der Waals surface area contributed by atoms with Crippen LogP contribution in [0.4, 0.5) is 0 Å². The van der Waals surface area contributed by atoms with Crippen LogP contribution in [0.3, 0.4) is 0 Å². The van der Waals surface area contributed by atoms with E-state index in [1.165, 1.54) is 0 Å². The van der Waals surface area contributed by atoms with E-state index in [4.69, 9.17) is 27.9 Å². The fraction of sp³-hybridized carbons (Fsp3) is 0.154. The molecular weight excluding hydrogens is 243 g/mol. The summed E-state index contributed by atoms with van der Waals surface area (Å²) < 4.78 is 5.65. The molecule has 0 bridgehead atoms. The number of halogens is 2. The van der Waals surface area contributed by atoms with Gasteiger partial charge < -0.3 is 4.74 Å². The van der Waals surface area contributed by atoms with Gasteiger partial charge in [0, 0.05) is 0 Å². The van der Waals surface area contributed by atoms with Gasteiger partial charge in [0.25, 0.3) is 0 Å². The largest absolute Gasteiger partial charge is 0.463 e. The van der Waals surface area contributed by atoms with Crippen LogP contribution in [0, 0.1) is 12.8 Å². The molecule has 16 heavy (non-hydrogen) atoms. The Hall–Kier alpha value is -0.920. The van der Waals surface area contributed by atoms with Crippen molar-refractivity contribution in [2.75, 3.05) is 0 Å². The minimum absolute atomic E-state index is 0.140. The highest BCUT2D eigenvalue weighted by Gasteiger charge is 2.26. The predicted molar refractivity (Wildman–Crippen MR) is 67.8 cm³/mol. The van der Waals surface area contributed by atoms with E-state index in [1.54, 1.807) is 24.3 Å². The van der Waals surface area contributed by atoms with Crippen LogP contribution < -0.4 is 4.74 Å². The molecule has 1 aliphatic rings. The predicted octanol–water partition coefficient (Wildman–Crippen LogP) is 4.23. The standard InChI is InChI=1S/C13H11Cl2O/c1-10-6-8-13(15,9-7-10)16-12-5-3-2-4-11(12)14/h2-10H,1H2. The van der Waals surface area contributed by atoms with Gasteiger partial charge in [-0.1, -0.05) is 47.5 Å². The minimum atomic E-state index is -0.959. The van der Waals surface area contributed by atoms with Gasteiger partial charge in [-0.25, -0.2) is 0 Å². The molecule has 0 unspecified atom stereocenters. The molecule has 0 spiro atoms. The van der Waals surface area contributed by atoms with Crippen LogP contribution in [0.1, 0.15) is 0 Å². The van der Waals surface area contributed by atoms with Gasteiger partial charge in [-0.15, -0.1) is 0 Å². The molecule has 1 aromatic carbocycles. The first-order valence-electron chi connectivity index (χ1n) is 4.93. The van der Waals surface area contributed by atoms with Crippen LogP contribution in [0.15, 0.2) is 48.6 Å². The summed E-state index contributed by atoms with van der Waals surface area (Å²) in [6, 6.07) is 7.23. The van der Waals surface area contributed by atoms with Gasteiger partial charge in [0.1, 0.15) is 5.75 Å². The smallest absolute Gasteiger partial charge is 0.220 e. The number of hydrogen-bond donors (Lipinski definition) is 0. The maximum atomic E-state index is 6.26. The van der Waals surface area contributed by atoms with Gasteiger partial charge in [-0.05, 0) is 37.1 Å². The zero-order valence-electron chi connectivity index (χ0n) is 8.57. The molecule has 1 aliphatic carbocycles. The Morgan fingerprint density at radius 1 is 1.19 bits per heavy atom. The molecule has 0 aromatic heterocycles. The Morgan fingerprint density at radius 3 is 2.44 bits per heavy atom. The fourth-order valence-electron chi connectivity index (χ4n) is 1.39. The third kappa shape index (κ3) is 2.60. The molecule has 1 radical (unpaired) electrons. The number of allylic oxidation sites excluding steroid dienone is 2. The first-order valence-corrected chi connectivity index (χ1v) is 5.69. The lowest BCUT2D eigenvalue weighted by molar-refractivity contribution is 0.254. The molecule has 3 heteroatoms. The van der Waals surface area contributed by atoms with E-state index in [9.17, 15) is 0 Å². The first-order chi connectivity index (χ1) is 7.59. The summed E-state index contributed by atoms with van der Waals surface area (Å²) in [5.41, 5.74) is 0. The number of rotatable bonds is 2. The van der Waals surface area contributed by atoms with E-state index < -0.39 is 5.06 Å². The molecule has 0 amide bonds. The zero-order chi connectivity index (χ0) is 11.6. The van der Waals surface area contributed by atoms with E-state index >= 15 is 0 Å². The Bertz CT molecular complexity index is 423. The molecule has 0 aliphatic heterocycles. The van der Waals surface area contributed by atoms with Crippen molar-refractivity contribution < 1.29 is 4.74 Å². The van der Waals surface area contributed by atoms with Crippen LogP contribution in [-0.4, -0.2) is 5.06 Å². The van der Waals surface area contributed by atoms with Crippen LogP contribution in [-0.2, 0) is 0 Å². The van der Waals surface area contributed by atoms with Crippen LogP contribution in [0.2, 0.25) is 5.02 Å². The minimum Gasteiger partial charge on any atom is -0.463 e. The average Bonchev–Trinajstić information content (AvgIpc) is 2.27. The maximum absolute atomic E-state index is 6.26. The molecule has 0 fully saturated rings. The highest BCUT2D eigenvalue weighted by molar-refractivity contribution is 6.32. The lowest BCUT2D eigenvalue weighted by atomic mass is 10.0. The van der Waals surface area contributed by atoms with Gasteiger partial charge in [-0.3, -0.25) is 0 Å². The lowest BCUT2D eigenvalue weighted by Crippen LogP contribution is -2.26. The Balaban J connectivity index is 2.19. The highest BCUT2D eigenvalue weighted by Crippen LogP contribution is 2.32. The summed E-state index contributed by atoms with van der Waals surface area (Å²) in [6.07, 6.45) is 7.33. The zero-order valence-corrected chi connectivity index (χ0v) is 10.1. The fourth-order valence-corrected chi connectivity index (χ4v) is 1.80. The van der Waals surface area contributed by atoms with Crippen LogP contribution in [0.5, 0.6) is 5.75 Å². The summed E-state index contributed by atoms with van der Waals surface area (Å²) in [4.78, 5) is 0. The van der Waals surface area contributed by atoms with E-state index in [0.29, 0.717) is 10.8 Å². The molecule has 0 saturated carbocycles. The van der Waals surface area contributed by atoms with Crippen molar-refractivity contribution in [1.29, 1.82) is 0 Å². The number of para-hydroxylation sites is 1. The van der Waals surface area contributed by atoms with Crippen molar-refractivity contribution in [2.45, 2.75) is 5.06 Å². The molecular formula is C13H11Cl2O. The van der Waals surface area contributed by atoms with Gasteiger partial charge in [0.05, 0.1) is 5.02 Å². The number of hydrogen-bond acceptors (Lipinski definition) is 1. The molecule has 0 N–H and O–H groups in total. The number of benzene rings is 1. The second-order valence-electron chi connectivity index (χ2n) is 3.61. The normalized spacial score (nSPS) is 28.1. The highest BCUT2D eigenvalue weighted by atomic mass is 35.5. The van der Waals surface area contributed by atoms with Crippen molar-refractivity contribution in [1.82, 2.24) is 0 Å². The molecule has 0 atom stereocenters. The third-order valence-electron chi connectivity index (χ3n) is 2.24. The van der Waals surface area contributed by atoms with Crippen LogP contribution >= 0.6 is 23.2 Å². The van der Waals surface area contributed by atoms with E-state index in [2.05, 4.69) is 6.92 Å². The van der Waals surface area contributed by atoms with E-state index in [-0.39, 0.29) is 5.92 Å². The SMILES string of the molecule is [CH2]C1C=CC(Cl)(Oc2ccccc2Cl)C=C1. The van der Waals surface area contributed by atoms with E-state index in [0.717, 1.165) is 0 Å². The van der Waals surface area contributed by atoms with Gasteiger partial charge in [0.2, 0.25) is 5.06 Å². The Labute approximate surface area is 105 Å². The molecule has 0 heterocycles. The van der Waals surface area contributed by atoms with Crippen molar-refractivity contribution >= 4 is 23.2 Å². The maximum Gasteiger partial charge on any atom is 0.220 e. The Morgan fingerprint density at radius 2 is 1.81 bits per heavy atom. The first kappa shape index (κ1) is 11.6. The Kier molecular flexibility index (Phi) is 3.27. The lowest BCUT2D eigenvalue weighted by Gasteiger charge is -2.25. The van der Waals surface area contributed by atoms with Crippen molar-refractivity contribution in [3.63, 3.8) is 0 Å². The summed E-state index contributed by atoms with van der Waals surface area (Å²) in [5, 5.41) is -0.416. The molecule has 2 rings (SSSR count). The summed E-state index contributed by atoms with van der Waals surface area (Å²) in [7, 11) is 0. The summed E-state index contributed by atoms with van der Waals surface area (Å²) >= 11 is 12.3. The van der Waals surface area contributed by atoms with Crippen molar-refractivity contribution in [2.24, 2.45) is 5.92 Å². The van der Waals surface area contributed by atoms with Gasteiger partial charge in [-0.2, -0.15) is 0 Å². The third-order valence-corrected chi connectivity index (χ3v) is 2.89. The topological polar surface area (TPSA) is 9.23 Å². The quantitative estimate of drug-likeness (QED) is 0.566. The molecule has 1 nitrogen and oxygen atoms in total. The summed E-state index contributed by atoms with van der Waals surface area (Å²) in [6.45, 7) is 3.87. The number of ether oxygens (including phenoxy) is 1. The monoisotopic (exact) mass is 253 g/mol. The van der Waals surface area contributed by atoms with Crippen molar-refractivity contribution in [3.05, 3.63) is 60.5 Å². The van der Waals surface area contributed by atoms with E-state index in [1.807, 2.05) is 24.3 Å². The van der Waals surface area contributed by atoms with Gasteiger partial charge >= 0.3 is 0 Å². The summed E-state index contributed by atoms with van der Waals surface area (Å²) in [5.74, 6) is 0.706. The second-order valence-corrected chi connectivity index (χ2v) is 4.61.